The van der Waals surface area contributed by atoms with Crippen LogP contribution in [0, 0.1) is 0 Å². The van der Waals surface area contributed by atoms with Gasteiger partial charge in [-0.25, -0.2) is 0 Å². The highest BCUT2D eigenvalue weighted by atomic mass is 35.5. The average Bonchev–Trinajstić information content (AvgIpc) is 2.91. The van der Waals surface area contributed by atoms with E-state index in [1.54, 1.807) is 12.3 Å². The van der Waals surface area contributed by atoms with Gasteiger partial charge in [0.1, 0.15) is 11.8 Å². The summed E-state index contributed by atoms with van der Waals surface area (Å²) in [6.07, 6.45) is 2.85. The van der Waals surface area contributed by atoms with E-state index in [4.69, 9.17) is 16.0 Å². The summed E-state index contributed by atoms with van der Waals surface area (Å²) in [4.78, 5) is 0. The summed E-state index contributed by atoms with van der Waals surface area (Å²) in [5, 5.41) is 7.93. The summed E-state index contributed by atoms with van der Waals surface area (Å²) in [7, 11) is 1.89. The van der Waals surface area contributed by atoms with E-state index in [1.165, 1.54) is 0 Å². The van der Waals surface area contributed by atoms with Gasteiger partial charge in [-0.05, 0) is 43.3 Å². The second-order valence-electron chi connectivity index (χ2n) is 3.84. The molecule has 5 heteroatoms. The number of hydrogen-bond acceptors (Lipinski definition) is 3. The summed E-state index contributed by atoms with van der Waals surface area (Å²) in [6.45, 7) is 3.03. The minimum Gasteiger partial charge on any atom is -0.448 e. The van der Waals surface area contributed by atoms with Crippen molar-refractivity contribution < 1.29 is 4.42 Å². The normalized spacial score (nSPS) is 12.9. The fraction of sp³-hybridized carbons (Fsp3) is 0.417. The highest BCUT2D eigenvalue weighted by Gasteiger charge is 2.19. The number of aryl methyl sites for hydroxylation is 1. The van der Waals surface area contributed by atoms with Crippen LogP contribution >= 0.6 is 11.6 Å². The van der Waals surface area contributed by atoms with Crippen LogP contribution in [0.1, 0.15) is 30.8 Å². The lowest BCUT2D eigenvalue weighted by molar-refractivity contribution is 0.441. The molecule has 0 fully saturated rings. The Morgan fingerprint density at radius 3 is 2.88 bits per heavy atom. The van der Waals surface area contributed by atoms with Crippen LogP contribution in [0.3, 0.4) is 0 Å². The number of furan rings is 1. The van der Waals surface area contributed by atoms with Gasteiger partial charge in [0.05, 0.1) is 5.69 Å². The Morgan fingerprint density at radius 1 is 1.47 bits per heavy atom. The van der Waals surface area contributed by atoms with Crippen LogP contribution in [-0.2, 0) is 6.54 Å². The molecule has 0 saturated carbocycles. The van der Waals surface area contributed by atoms with E-state index in [0.717, 1.165) is 24.4 Å². The molecule has 0 radical (unpaired) electrons. The van der Waals surface area contributed by atoms with Crippen LogP contribution in [-0.4, -0.2) is 16.8 Å². The molecule has 0 bridgehead atoms. The summed E-state index contributed by atoms with van der Waals surface area (Å²) < 4.78 is 7.44. The summed E-state index contributed by atoms with van der Waals surface area (Å²) in [5.41, 5.74) is 1.08. The van der Waals surface area contributed by atoms with E-state index in [2.05, 4.69) is 17.3 Å². The first-order valence-electron chi connectivity index (χ1n) is 5.70. The van der Waals surface area contributed by atoms with Crippen molar-refractivity contribution in [1.82, 2.24) is 15.1 Å². The first kappa shape index (κ1) is 12.2. The Morgan fingerprint density at radius 2 is 2.29 bits per heavy atom. The quantitative estimate of drug-likeness (QED) is 0.891. The topological polar surface area (TPSA) is 43.0 Å². The van der Waals surface area contributed by atoms with Gasteiger partial charge in [-0.1, -0.05) is 6.92 Å². The van der Waals surface area contributed by atoms with Crippen molar-refractivity contribution in [1.29, 1.82) is 0 Å². The van der Waals surface area contributed by atoms with Crippen LogP contribution in [0.5, 0.6) is 0 Å². The number of aromatic nitrogens is 2. The summed E-state index contributed by atoms with van der Waals surface area (Å²) in [6, 6.07) is 5.61. The highest BCUT2D eigenvalue weighted by Crippen LogP contribution is 2.25. The second kappa shape index (κ2) is 5.38. The van der Waals surface area contributed by atoms with Gasteiger partial charge in [0, 0.05) is 12.7 Å². The minimum atomic E-state index is -0.0171. The van der Waals surface area contributed by atoms with Gasteiger partial charge >= 0.3 is 0 Å². The Labute approximate surface area is 106 Å². The van der Waals surface area contributed by atoms with Crippen LogP contribution in [0.25, 0.3) is 0 Å². The van der Waals surface area contributed by atoms with Crippen LogP contribution < -0.4 is 5.32 Å². The molecule has 17 heavy (non-hydrogen) atoms. The van der Waals surface area contributed by atoms with Crippen LogP contribution in [0.4, 0.5) is 0 Å². The smallest absolute Gasteiger partial charge is 0.193 e. The van der Waals surface area contributed by atoms with E-state index < -0.39 is 0 Å². The molecule has 1 unspecified atom stereocenters. The van der Waals surface area contributed by atoms with E-state index in [9.17, 15) is 0 Å². The molecule has 1 atom stereocenters. The maximum atomic E-state index is 5.81. The molecule has 0 aliphatic carbocycles. The minimum absolute atomic E-state index is 0.0171. The Hall–Kier alpha value is -1.26. The van der Waals surface area contributed by atoms with Crippen molar-refractivity contribution in [3.63, 3.8) is 0 Å². The molecular weight excluding hydrogens is 238 g/mol. The number of halogens is 1. The third-order valence-corrected chi connectivity index (χ3v) is 2.85. The predicted molar refractivity (Wildman–Crippen MR) is 67.1 cm³/mol. The van der Waals surface area contributed by atoms with Gasteiger partial charge in [-0.2, -0.15) is 5.10 Å². The van der Waals surface area contributed by atoms with E-state index in [0.29, 0.717) is 5.22 Å². The molecule has 4 nitrogen and oxygen atoms in total. The molecule has 2 heterocycles. The zero-order valence-electron chi connectivity index (χ0n) is 9.98. The zero-order valence-corrected chi connectivity index (χ0v) is 10.7. The molecule has 0 amide bonds. The second-order valence-corrected chi connectivity index (χ2v) is 4.22. The molecule has 0 aromatic carbocycles. The number of nitrogens with zero attached hydrogens (tertiary/aromatic N) is 2. The molecule has 0 aliphatic heterocycles. The molecule has 2 aromatic heterocycles. The fourth-order valence-electron chi connectivity index (χ4n) is 1.91. The monoisotopic (exact) mass is 253 g/mol. The lowest BCUT2D eigenvalue weighted by Crippen LogP contribution is -2.21. The van der Waals surface area contributed by atoms with Gasteiger partial charge in [0.25, 0.3) is 0 Å². The van der Waals surface area contributed by atoms with E-state index in [1.807, 2.05) is 23.9 Å². The third-order valence-electron chi connectivity index (χ3n) is 2.65. The van der Waals surface area contributed by atoms with Crippen LogP contribution in [0.2, 0.25) is 5.22 Å². The van der Waals surface area contributed by atoms with E-state index in [-0.39, 0.29) is 6.04 Å². The fourth-order valence-corrected chi connectivity index (χ4v) is 2.06. The van der Waals surface area contributed by atoms with Crippen molar-refractivity contribution in [3.8, 4) is 0 Å². The molecule has 0 aliphatic rings. The summed E-state index contributed by atoms with van der Waals surface area (Å²) in [5.74, 6) is 0.801. The van der Waals surface area contributed by atoms with Crippen molar-refractivity contribution >= 4 is 11.6 Å². The first-order chi connectivity index (χ1) is 8.26. The van der Waals surface area contributed by atoms with Crippen LogP contribution in [0.15, 0.2) is 28.8 Å². The average molecular weight is 254 g/mol. The van der Waals surface area contributed by atoms with Crippen molar-refractivity contribution in [2.24, 2.45) is 0 Å². The van der Waals surface area contributed by atoms with Gasteiger partial charge in [0.2, 0.25) is 0 Å². The van der Waals surface area contributed by atoms with Crippen molar-refractivity contribution in [3.05, 3.63) is 41.1 Å². The van der Waals surface area contributed by atoms with Gasteiger partial charge in [-0.3, -0.25) is 4.68 Å². The Kier molecular flexibility index (Phi) is 3.86. The van der Waals surface area contributed by atoms with Crippen molar-refractivity contribution in [2.75, 3.05) is 7.05 Å². The number of nitrogens with one attached hydrogen (secondary N) is 1. The zero-order chi connectivity index (χ0) is 12.3. The Balaban J connectivity index is 2.31. The number of hydrogen-bond donors (Lipinski definition) is 1. The van der Waals surface area contributed by atoms with Gasteiger partial charge in [-0.15, -0.1) is 0 Å². The SMILES string of the molecule is CCCn1nccc1C(NC)c1ccc(Cl)o1. The maximum Gasteiger partial charge on any atom is 0.193 e. The van der Waals surface area contributed by atoms with Crippen molar-refractivity contribution in [2.45, 2.75) is 25.9 Å². The Bertz CT molecular complexity index is 478. The lowest BCUT2D eigenvalue weighted by Gasteiger charge is -2.15. The molecule has 0 spiro atoms. The molecule has 2 aromatic rings. The van der Waals surface area contributed by atoms with Gasteiger partial charge < -0.3 is 9.73 Å². The highest BCUT2D eigenvalue weighted by molar-refractivity contribution is 6.28. The molecule has 92 valence electrons. The maximum absolute atomic E-state index is 5.81. The molecule has 0 saturated heterocycles. The predicted octanol–water partition coefficient (Wildman–Crippen LogP) is 2.85. The largest absolute Gasteiger partial charge is 0.448 e. The summed E-state index contributed by atoms with van der Waals surface area (Å²) >= 11 is 5.81. The third kappa shape index (κ3) is 2.53. The molecule has 1 N–H and O–H groups in total. The standard InChI is InChI=1S/C12H16ClN3O/c1-3-8-16-9(6-7-15-16)12(14-2)10-4-5-11(13)17-10/h4-7,12,14H,3,8H2,1-2H3. The van der Waals surface area contributed by atoms with Gasteiger partial charge in [0.15, 0.2) is 5.22 Å². The molecule has 2 rings (SSSR count). The first-order valence-corrected chi connectivity index (χ1v) is 6.08. The lowest BCUT2D eigenvalue weighted by atomic mass is 10.1. The molecular formula is C12H16ClN3O. The number of rotatable bonds is 5. The van der Waals surface area contributed by atoms with E-state index >= 15 is 0 Å².